The monoisotopic (exact) mass is 465 g/mol. The van der Waals surface area contributed by atoms with Gasteiger partial charge in [0.2, 0.25) is 0 Å². The molecule has 1 aliphatic carbocycles. The quantitative estimate of drug-likeness (QED) is 0.351. The van der Waals surface area contributed by atoms with E-state index in [1.165, 1.54) is 5.56 Å². The summed E-state index contributed by atoms with van der Waals surface area (Å²) >= 11 is 0. The Morgan fingerprint density at radius 3 is 2.38 bits per heavy atom. The fourth-order valence-corrected chi connectivity index (χ4v) is 3.22. The molecule has 0 unspecified atom stereocenters. The molecule has 1 aliphatic rings. The molecule has 1 saturated carbocycles. The number of rotatable bonds is 8. The minimum Gasteiger partial charge on any atom is -0.357 e. The van der Waals surface area contributed by atoms with E-state index in [1.807, 2.05) is 13.0 Å². The van der Waals surface area contributed by atoms with Crippen molar-refractivity contribution in [1.29, 1.82) is 0 Å². The maximum atomic E-state index is 11.6. The molecule has 0 amide bonds. The number of aliphatic imine (C=N–C) groups is 1. The Kier molecular flexibility index (Phi) is 8.49. The molecule has 0 spiro atoms. The van der Waals surface area contributed by atoms with E-state index in [1.54, 1.807) is 6.92 Å². The average molecular weight is 465 g/mol. The molecule has 0 atom stereocenters. The smallest absolute Gasteiger partial charge is 0.191 e. The summed E-state index contributed by atoms with van der Waals surface area (Å²) in [5, 5.41) is 6.31. The number of hydrogen-bond donors (Lipinski definition) is 2. The fraction of sp³-hybridized carbons (Fsp3) is 0.588. The van der Waals surface area contributed by atoms with Crippen molar-refractivity contribution >= 4 is 39.8 Å². The van der Waals surface area contributed by atoms with E-state index in [0.29, 0.717) is 12.5 Å². The molecular weight excluding hydrogens is 437 g/mol. The molecule has 5 nitrogen and oxygen atoms in total. The summed E-state index contributed by atoms with van der Waals surface area (Å²) in [6, 6.07) is 10.5. The number of guanidine groups is 1. The summed E-state index contributed by atoms with van der Waals surface area (Å²) in [4.78, 5) is 4.67. The van der Waals surface area contributed by atoms with Crippen molar-refractivity contribution in [2.24, 2.45) is 4.99 Å². The summed E-state index contributed by atoms with van der Waals surface area (Å²) < 4.78 is 23.1. The zero-order valence-corrected chi connectivity index (χ0v) is 17.6. The van der Waals surface area contributed by atoms with Crippen LogP contribution in [-0.4, -0.2) is 45.5 Å². The van der Waals surface area contributed by atoms with Gasteiger partial charge in [-0.05, 0) is 25.3 Å². The Bertz CT molecular complexity index is 628. The summed E-state index contributed by atoms with van der Waals surface area (Å²) in [7, 11) is -2.95. The topological polar surface area (TPSA) is 70.6 Å². The predicted octanol–water partition coefficient (Wildman–Crippen LogP) is 2.33. The van der Waals surface area contributed by atoms with Crippen molar-refractivity contribution in [3.05, 3.63) is 35.9 Å². The van der Waals surface area contributed by atoms with Crippen molar-refractivity contribution in [1.82, 2.24) is 10.6 Å². The van der Waals surface area contributed by atoms with Crippen LogP contribution in [0.4, 0.5) is 0 Å². The second-order valence-corrected chi connectivity index (χ2v) is 8.48. The Morgan fingerprint density at radius 2 is 1.83 bits per heavy atom. The lowest BCUT2D eigenvalue weighted by atomic mass is 9.96. The molecular formula is C17H28IN3O2S. The number of sulfone groups is 1. The number of benzene rings is 1. The molecule has 0 heterocycles. The molecule has 1 aromatic carbocycles. The van der Waals surface area contributed by atoms with Crippen LogP contribution in [0.25, 0.3) is 0 Å². The molecule has 0 aliphatic heterocycles. The molecule has 1 aromatic rings. The third-order valence-corrected chi connectivity index (χ3v) is 5.97. The zero-order chi connectivity index (χ0) is 16.8. The first-order chi connectivity index (χ1) is 11.0. The van der Waals surface area contributed by atoms with Gasteiger partial charge in [-0.2, -0.15) is 0 Å². The van der Waals surface area contributed by atoms with Gasteiger partial charge < -0.3 is 10.6 Å². The molecule has 7 heteroatoms. The van der Waals surface area contributed by atoms with Crippen LogP contribution in [0.3, 0.4) is 0 Å². The van der Waals surface area contributed by atoms with Crippen LogP contribution < -0.4 is 10.6 Å². The van der Waals surface area contributed by atoms with Crippen molar-refractivity contribution in [3.8, 4) is 0 Å². The second-order valence-electron chi connectivity index (χ2n) is 6.00. The van der Waals surface area contributed by atoms with E-state index in [9.17, 15) is 8.42 Å². The molecule has 136 valence electrons. The lowest BCUT2D eigenvalue weighted by molar-refractivity contribution is 0.595. The van der Waals surface area contributed by atoms with Crippen LogP contribution in [0.2, 0.25) is 0 Å². The average Bonchev–Trinajstić information content (AvgIpc) is 3.34. The first-order valence-corrected chi connectivity index (χ1v) is 10.1. The van der Waals surface area contributed by atoms with Gasteiger partial charge in [0.05, 0.1) is 12.3 Å². The number of halogens is 1. The van der Waals surface area contributed by atoms with Gasteiger partial charge in [-0.25, -0.2) is 8.42 Å². The van der Waals surface area contributed by atoms with E-state index < -0.39 is 9.84 Å². The van der Waals surface area contributed by atoms with Crippen LogP contribution in [0, 0.1) is 0 Å². The molecule has 0 saturated heterocycles. The minimum atomic E-state index is -2.95. The van der Waals surface area contributed by atoms with Gasteiger partial charge >= 0.3 is 0 Å². The normalized spacial score (nSPS) is 16.2. The fourth-order valence-electron chi connectivity index (χ4n) is 2.52. The molecule has 0 aromatic heterocycles. The van der Waals surface area contributed by atoms with Crippen LogP contribution in [-0.2, 0) is 15.3 Å². The lowest BCUT2D eigenvalue weighted by Gasteiger charge is -2.16. The number of nitrogens with zero attached hydrogens (tertiary/aromatic N) is 1. The Labute approximate surface area is 162 Å². The van der Waals surface area contributed by atoms with Gasteiger partial charge in [-0.3, -0.25) is 4.99 Å². The van der Waals surface area contributed by atoms with Gasteiger partial charge in [0.25, 0.3) is 0 Å². The summed E-state index contributed by atoms with van der Waals surface area (Å²) in [6.45, 7) is 5.55. The minimum absolute atomic E-state index is 0. The largest absolute Gasteiger partial charge is 0.357 e. The lowest BCUT2D eigenvalue weighted by Crippen LogP contribution is -2.40. The maximum Gasteiger partial charge on any atom is 0.191 e. The third kappa shape index (κ3) is 6.23. The standard InChI is InChI=1S/C17H27N3O2S.HI/c1-3-18-16(19-12-13-23(21,22)4-2)20-14-17(10-11-17)15-8-6-5-7-9-15;/h5-9H,3-4,10-14H2,1-2H3,(H2,18,19,20);1H. The highest BCUT2D eigenvalue weighted by molar-refractivity contribution is 14.0. The van der Waals surface area contributed by atoms with Crippen molar-refractivity contribution in [2.45, 2.75) is 32.1 Å². The number of hydrogen-bond acceptors (Lipinski definition) is 3. The summed E-state index contributed by atoms with van der Waals surface area (Å²) in [5.74, 6) is 1.01. The van der Waals surface area contributed by atoms with E-state index in [2.05, 4.69) is 39.9 Å². The Hall–Kier alpha value is -0.830. The van der Waals surface area contributed by atoms with E-state index in [-0.39, 0.29) is 40.9 Å². The van der Waals surface area contributed by atoms with Gasteiger partial charge in [0.15, 0.2) is 15.8 Å². The summed E-state index contributed by atoms with van der Waals surface area (Å²) in [6.07, 6.45) is 2.31. The Balaban J connectivity index is 0.00000288. The summed E-state index contributed by atoms with van der Waals surface area (Å²) in [5.41, 5.74) is 1.51. The van der Waals surface area contributed by atoms with Gasteiger partial charge in [0, 0.05) is 24.3 Å². The molecule has 1 fully saturated rings. The molecule has 0 radical (unpaired) electrons. The predicted molar refractivity (Wildman–Crippen MR) is 111 cm³/mol. The molecule has 0 bridgehead atoms. The van der Waals surface area contributed by atoms with Crippen molar-refractivity contribution in [2.75, 3.05) is 31.1 Å². The molecule has 2 N–H and O–H groups in total. The van der Waals surface area contributed by atoms with Gasteiger partial charge in [-0.15, -0.1) is 24.0 Å². The highest BCUT2D eigenvalue weighted by Gasteiger charge is 2.43. The van der Waals surface area contributed by atoms with Crippen molar-refractivity contribution in [3.63, 3.8) is 0 Å². The zero-order valence-electron chi connectivity index (χ0n) is 14.4. The third-order valence-electron chi connectivity index (χ3n) is 4.27. The second kappa shape index (κ2) is 9.60. The van der Waals surface area contributed by atoms with Gasteiger partial charge in [0.1, 0.15) is 0 Å². The van der Waals surface area contributed by atoms with Crippen LogP contribution in [0.15, 0.2) is 35.3 Å². The van der Waals surface area contributed by atoms with Crippen LogP contribution in [0.5, 0.6) is 0 Å². The highest BCUT2D eigenvalue weighted by Crippen LogP contribution is 2.48. The Morgan fingerprint density at radius 1 is 1.17 bits per heavy atom. The van der Waals surface area contributed by atoms with Crippen LogP contribution >= 0.6 is 24.0 Å². The van der Waals surface area contributed by atoms with Crippen LogP contribution in [0.1, 0.15) is 32.3 Å². The van der Waals surface area contributed by atoms with Gasteiger partial charge in [-0.1, -0.05) is 37.3 Å². The number of nitrogens with one attached hydrogen (secondary N) is 2. The maximum absolute atomic E-state index is 11.6. The molecule has 24 heavy (non-hydrogen) atoms. The molecule has 2 rings (SSSR count). The van der Waals surface area contributed by atoms with E-state index in [0.717, 1.165) is 25.9 Å². The SMILES string of the molecule is CCNC(=NCC1(c2ccccc2)CC1)NCCS(=O)(=O)CC.I. The van der Waals surface area contributed by atoms with E-state index in [4.69, 9.17) is 0 Å². The first kappa shape index (κ1) is 21.2. The highest BCUT2D eigenvalue weighted by atomic mass is 127. The first-order valence-electron chi connectivity index (χ1n) is 8.29. The van der Waals surface area contributed by atoms with Crippen molar-refractivity contribution < 1.29 is 8.42 Å². The van der Waals surface area contributed by atoms with E-state index >= 15 is 0 Å².